The number of hydrogen-bond donors (Lipinski definition) is 1. The molecule has 1 aliphatic heterocycles. The van der Waals surface area contributed by atoms with Gasteiger partial charge in [-0.1, -0.05) is 12.1 Å². The Morgan fingerprint density at radius 2 is 2.04 bits per heavy atom. The van der Waals surface area contributed by atoms with Gasteiger partial charge in [0, 0.05) is 25.6 Å². The van der Waals surface area contributed by atoms with Crippen molar-refractivity contribution < 1.29 is 17.6 Å². The molecular formula is C16H23FN2O3S. The van der Waals surface area contributed by atoms with Gasteiger partial charge in [-0.3, -0.25) is 4.79 Å². The molecule has 128 valence electrons. The number of benzene rings is 1. The summed E-state index contributed by atoms with van der Waals surface area (Å²) in [6.45, 7) is 2.71. The number of aryl methyl sites for hydroxylation is 1. The smallest absolute Gasteiger partial charge is 0.222 e. The van der Waals surface area contributed by atoms with Crippen molar-refractivity contribution in [2.45, 2.75) is 38.6 Å². The molecule has 1 saturated heterocycles. The molecule has 1 amide bonds. The summed E-state index contributed by atoms with van der Waals surface area (Å²) in [5, 5.41) is 0. The van der Waals surface area contributed by atoms with Crippen molar-refractivity contribution in [1.82, 2.24) is 9.62 Å². The van der Waals surface area contributed by atoms with Crippen LogP contribution in [0.15, 0.2) is 24.3 Å². The fourth-order valence-electron chi connectivity index (χ4n) is 2.69. The first-order valence-corrected chi connectivity index (χ1v) is 9.57. The average Bonchev–Trinajstić information content (AvgIpc) is 2.53. The van der Waals surface area contributed by atoms with Crippen molar-refractivity contribution in [2.75, 3.05) is 18.8 Å². The van der Waals surface area contributed by atoms with Gasteiger partial charge in [0.2, 0.25) is 15.9 Å². The second-order valence-electron chi connectivity index (χ2n) is 5.81. The molecule has 1 aliphatic rings. The summed E-state index contributed by atoms with van der Waals surface area (Å²) in [6, 6.07) is 6.18. The van der Waals surface area contributed by atoms with Gasteiger partial charge in [-0.15, -0.1) is 0 Å². The molecule has 0 bridgehead atoms. The Balaban J connectivity index is 1.77. The molecule has 1 heterocycles. The lowest BCUT2D eigenvalue weighted by molar-refractivity contribution is -0.132. The highest BCUT2D eigenvalue weighted by atomic mass is 32.2. The predicted molar refractivity (Wildman–Crippen MR) is 86.9 cm³/mol. The van der Waals surface area contributed by atoms with Gasteiger partial charge in [0.15, 0.2) is 0 Å². The van der Waals surface area contributed by atoms with Gasteiger partial charge >= 0.3 is 0 Å². The summed E-state index contributed by atoms with van der Waals surface area (Å²) in [5.74, 6) is -0.190. The molecule has 0 unspecified atom stereocenters. The van der Waals surface area contributed by atoms with Gasteiger partial charge in [-0.2, -0.15) is 0 Å². The second kappa shape index (κ2) is 7.88. The highest BCUT2D eigenvalue weighted by Crippen LogP contribution is 2.14. The number of hydrogen-bond acceptors (Lipinski definition) is 3. The minimum atomic E-state index is -3.20. The molecule has 1 aromatic rings. The maximum Gasteiger partial charge on any atom is 0.222 e. The van der Waals surface area contributed by atoms with Crippen LogP contribution in [-0.4, -0.2) is 44.1 Å². The minimum absolute atomic E-state index is 0.0334. The van der Waals surface area contributed by atoms with E-state index in [1.54, 1.807) is 17.9 Å². The molecule has 0 spiro atoms. The molecule has 1 N–H and O–H groups in total. The Bertz CT molecular complexity index is 640. The number of carbonyl (C=O) groups excluding carboxylic acids is 1. The number of nitrogens with zero attached hydrogens (tertiary/aromatic N) is 1. The van der Waals surface area contributed by atoms with E-state index in [1.165, 1.54) is 12.1 Å². The van der Waals surface area contributed by atoms with Crippen LogP contribution < -0.4 is 4.72 Å². The summed E-state index contributed by atoms with van der Waals surface area (Å²) in [4.78, 5) is 14.0. The Morgan fingerprint density at radius 1 is 1.35 bits per heavy atom. The van der Waals surface area contributed by atoms with Gasteiger partial charge in [0.05, 0.1) is 5.75 Å². The van der Waals surface area contributed by atoms with Crippen molar-refractivity contribution in [1.29, 1.82) is 0 Å². The second-order valence-corrected chi connectivity index (χ2v) is 7.85. The number of piperidine rings is 1. The number of likely N-dealkylation sites (tertiary alicyclic amines) is 1. The Kier molecular flexibility index (Phi) is 6.12. The molecule has 23 heavy (non-hydrogen) atoms. The van der Waals surface area contributed by atoms with Crippen molar-refractivity contribution in [3.63, 3.8) is 0 Å². The standard InChI is InChI=1S/C16H23FN2O3S/c1-2-23(21,22)18-15-8-10-19(11-9-15)16(20)7-6-13-4-3-5-14(17)12-13/h3-5,12,15,18H,2,6-11H2,1H3. The van der Waals surface area contributed by atoms with Gasteiger partial charge in [0.25, 0.3) is 0 Å². The van der Waals surface area contributed by atoms with E-state index in [2.05, 4.69) is 4.72 Å². The van der Waals surface area contributed by atoms with Crippen LogP contribution >= 0.6 is 0 Å². The van der Waals surface area contributed by atoms with Crippen molar-refractivity contribution in [2.24, 2.45) is 0 Å². The Labute approximate surface area is 136 Å². The fraction of sp³-hybridized carbons (Fsp3) is 0.562. The maximum absolute atomic E-state index is 13.1. The average molecular weight is 342 g/mol. The fourth-order valence-corrected chi connectivity index (χ4v) is 3.60. The van der Waals surface area contributed by atoms with E-state index in [-0.39, 0.29) is 23.5 Å². The monoisotopic (exact) mass is 342 g/mol. The number of carbonyl (C=O) groups is 1. The van der Waals surface area contributed by atoms with Crippen LogP contribution in [0.5, 0.6) is 0 Å². The van der Waals surface area contributed by atoms with Crippen LogP contribution in [0.2, 0.25) is 0 Å². The predicted octanol–water partition coefficient (Wildman–Crippen LogP) is 1.69. The zero-order valence-electron chi connectivity index (χ0n) is 13.3. The summed E-state index contributed by atoms with van der Waals surface area (Å²) in [5.41, 5.74) is 0.809. The molecule has 0 aromatic heterocycles. The third-order valence-corrected chi connectivity index (χ3v) is 5.54. The van der Waals surface area contributed by atoms with E-state index >= 15 is 0 Å². The highest BCUT2D eigenvalue weighted by Gasteiger charge is 2.25. The number of amides is 1. The third-order valence-electron chi connectivity index (χ3n) is 4.09. The Hall–Kier alpha value is -1.47. The van der Waals surface area contributed by atoms with Crippen LogP contribution in [0.1, 0.15) is 31.7 Å². The molecule has 0 radical (unpaired) electrons. The SMILES string of the molecule is CCS(=O)(=O)NC1CCN(C(=O)CCc2cccc(F)c2)CC1. The lowest BCUT2D eigenvalue weighted by Gasteiger charge is -2.32. The quantitative estimate of drug-likeness (QED) is 0.855. The largest absolute Gasteiger partial charge is 0.343 e. The highest BCUT2D eigenvalue weighted by molar-refractivity contribution is 7.89. The van der Waals surface area contributed by atoms with Crippen molar-refractivity contribution in [3.05, 3.63) is 35.6 Å². The van der Waals surface area contributed by atoms with Gasteiger partial charge in [-0.25, -0.2) is 17.5 Å². The first-order chi connectivity index (χ1) is 10.9. The number of sulfonamides is 1. The molecule has 1 fully saturated rings. The molecule has 1 aromatic carbocycles. The summed E-state index contributed by atoms with van der Waals surface area (Å²) < 4.78 is 38.9. The van der Waals surface area contributed by atoms with E-state index in [0.717, 1.165) is 5.56 Å². The molecule has 2 rings (SSSR count). The zero-order valence-corrected chi connectivity index (χ0v) is 14.1. The normalized spacial score (nSPS) is 16.5. The summed E-state index contributed by atoms with van der Waals surface area (Å²) in [6.07, 6.45) is 2.11. The molecule has 0 aliphatic carbocycles. The van der Waals surface area contributed by atoms with Crippen molar-refractivity contribution >= 4 is 15.9 Å². The Morgan fingerprint density at radius 3 is 2.65 bits per heavy atom. The molecule has 0 atom stereocenters. The van der Waals surface area contributed by atoms with E-state index < -0.39 is 10.0 Å². The zero-order chi connectivity index (χ0) is 16.9. The summed E-state index contributed by atoms with van der Waals surface area (Å²) >= 11 is 0. The first kappa shape index (κ1) is 17.9. The molecular weight excluding hydrogens is 319 g/mol. The van der Waals surface area contributed by atoms with E-state index in [4.69, 9.17) is 0 Å². The molecule has 5 nitrogen and oxygen atoms in total. The molecule has 0 saturated carbocycles. The van der Waals surface area contributed by atoms with Gasteiger partial charge in [0.1, 0.15) is 5.82 Å². The molecule has 7 heteroatoms. The van der Waals surface area contributed by atoms with Gasteiger partial charge in [-0.05, 0) is 43.9 Å². The number of nitrogens with one attached hydrogen (secondary N) is 1. The first-order valence-electron chi connectivity index (χ1n) is 7.92. The van der Waals surface area contributed by atoms with Crippen LogP contribution in [0.4, 0.5) is 4.39 Å². The maximum atomic E-state index is 13.1. The lowest BCUT2D eigenvalue weighted by atomic mass is 10.0. The van der Waals surface area contributed by atoms with Gasteiger partial charge < -0.3 is 4.90 Å². The minimum Gasteiger partial charge on any atom is -0.343 e. The van der Waals surface area contributed by atoms with Crippen LogP contribution in [0, 0.1) is 5.82 Å². The van der Waals surface area contributed by atoms with Crippen LogP contribution in [0.3, 0.4) is 0 Å². The lowest BCUT2D eigenvalue weighted by Crippen LogP contribution is -2.46. The summed E-state index contributed by atoms with van der Waals surface area (Å²) in [7, 11) is -3.20. The van der Waals surface area contributed by atoms with Crippen LogP contribution in [0.25, 0.3) is 0 Å². The van der Waals surface area contributed by atoms with Crippen molar-refractivity contribution in [3.8, 4) is 0 Å². The third kappa shape index (κ3) is 5.58. The topological polar surface area (TPSA) is 66.5 Å². The van der Waals surface area contributed by atoms with Crippen LogP contribution in [-0.2, 0) is 21.2 Å². The van der Waals surface area contributed by atoms with E-state index in [9.17, 15) is 17.6 Å². The van der Waals surface area contributed by atoms with E-state index in [0.29, 0.717) is 38.8 Å². The number of rotatable bonds is 6. The number of halogens is 1. The van der Waals surface area contributed by atoms with E-state index in [1.807, 2.05) is 6.07 Å².